The number of aromatic amines is 1. The number of carbonyl (C=O) groups excluding carboxylic acids is 1. The molecule has 2 aliphatic rings. The molecule has 2 N–H and O–H groups in total. The summed E-state index contributed by atoms with van der Waals surface area (Å²) in [5.74, 6) is 0.218. The van der Waals surface area contributed by atoms with Gasteiger partial charge in [-0.15, -0.1) is 0 Å². The van der Waals surface area contributed by atoms with Gasteiger partial charge in [-0.3, -0.25) is 9.36 Å². The number of fused-ring (bicyclic) bond motifs is 1. The zero-order valence-corrected chi connectivity index (χ0v) is 15.9. The Labute approximate surface area is 158 Å². The fraction of sp³-hybridized carbons (Fsp3) is 0.600. The maximum Gasteiger partial charge on any atom is 0.326 e. The smallest absolute Gasteiger partial charge is 0.326 e. The topological polar surface area (TPSA) is 79.4 Å². The molecule has 1 aromatic carbocycles. The van der Waals surface area contributed by atoms with Crippen molar-refractivity contribution in [3.8, 4) is 0 Å². The third kappa shape index (κ3) is 3.30. The van der Waals surface area contributed by atoms with Gasteiger partial charge >= 0.3 is 5.69 Å². The average molecular weight is 372 g/mol. The first-order chi connectivity index (χ1) is 13.1. The van der Waals surface area contributed by atoms with Crippen molar-refractivity contribution in [1.82, 2.24) is 19.8 Å². The van der Waals surface area contributed by atoms with Gasteiger partial charge in [0.1, 0.15) is 0 Å². The standard InChI is InChI=1S/C20H28N4O3/c1-27-14-20(8-10-21-11-9-20)18(25)23-12-6-15(7-13-23)24-17-5-3-2-4-16(17)22-19(24)26/h2-5,15,21H,6-14H2,1H3,(H,22,26). The molecule has 2 saturated heterocycles. The molecule has 0 saturated carbocycles. The second-order valence-electron chi connectivity index (χ2n) is 7.80. The van der Waals surface area contributed by atoms with Crippen LogP contribution in [0.15, 0.2) is 29.1 Å². The maximum absolute atomic E-state index is 13.3. The molecule has 0 aliphatic carbocycles. The number of hydrogen-bond donors (Lipinski definition) is 2. The summed E-state index contributed by atoms with van der Waals surface area (Å²) in [4.78, 5) is 30.6. The Morgan fingerprint density at radius 2 is 1.93 bits per heavy atom. The molecule has 0 unspecified atom stereocenters. The number of piperidine rings is 2. The SMILES string of the molecule is COCC1(C(=O)N2CCC(n3c(=O)[nH]c4ccccc43)CC2)CCNCC1. The Bertz CT molecular complexity index is 852. The summed E-state index contributed by atoms with van der Waals surface area (Å²) >= 11 is 0. The molecular weight excluding hydrogens is 344 g/mol. The molecule has 146 valence electrons. The molecule has 0 bridgehead atoms. The zero-order chi connectivity index (χ0) is 18.9. The Kier molecular flexibility index (Phi) is 5.06. The fourth-order valence-electron chi connectivity index (χ4n) is 4.70. The molecule has 7 heteroatoms. The minimum Gasteiger partial charge on any atom is -0.384 e. The molecule has 0 radical (unpaired) electrons. The zero-order valence-electron chi connectivity index (χ0n) is 15.9. The van der Waals surface area contributed by atoms with Gasteiger partial charge < -0.3 is 19.9 Å². The van der Waals surface area contributed by atoms with E-state index in [-0.39, 0.29) is 17.6 Å². The lowest BCUT2D eigenvalue weighted by atomic mass is 9.78. The maximum atomic E-state index is 13.3. The molecule has 1 aromatic heterocycles. The predicted molar refractivity (Wildman–Crippen MR) is 104 cm³/mol. The van der Waals surface area contributed by atoms with Crippen molar-refractivity contribution in [2.24, 2.45) is 5.41 Å². The quantitative estimate of drug-likeness (QED) is 0.853. The van der Waals surface area contributed by atoms with Crippen LogP contribution in [0.3, 0.4) is 0 Å². The number of para-hydroxylation sites is 2. The van der Waals surface area contributed by atoms with Crippen LogP contribution in [0.25, 0.3) is 11.0 Å². The van der Waals surface area contributed by atoms with E-state index in [1.54, 1.807) is 7.11 Å². The van der Waals surface area contributed by atoms with Gasteiger partial charge in [-0.1, -0.05) is 12.1 Å². The number of imidazole rings is 1. The lowest BCUT2D eigenvalue weighted by molar-refractivity contribution is -0.149. The van der Waals surface area contributed by atoms with E-state index >= 15 is 0 Å². The number of carbonyl (C=O) groups is 1. The van der Waals surface area contributed by atoms with Gasteiger partial charge in [-0.25, -0.2) is 4.79 Å². The molecule has 2 aromatic rings. The highest BCUT2D eigenvalue weighted by Crippen LogP contribution is 2.34. The molecular formula is C20H28N4O3. The summed E-state index contributed by atoms with van der Waals surface area (Å²) in [6.07, 6.45) is 3.24. The second kappa shape index (κ2) is 7.48. The fourth-order valence-corrected chi connectivity index (χ4v) is 4.70. The van der Waals surface area contributed by atoms with Gasteiger partial charge in [0.05, 0.1) is 23.1 Å². The monoisotopic (exact) mass is 372 g/mol. The van der Waals surface area contributed by atoms with E-state index in [4.69, 9.17) is 4.74 Å². The van der Waals surface area contributed by atoms with Crippen LogP contribution in [0.2, 0.25) is 0 Å². The Morgan fingerprint density at radius 1 is 1.22 bits per heavy atom. The molecule has 0 atom stereocenters. The van der Waals surface area contributed by atoms with E-state index in [1.807, 2.05) is 33.7 Å². The number of methoxy groups -OCH3 is 1. The van der Waals surface area contributed by atoms with Crippen molar-refractivity contribution in [1.29, 1.82) is 0 Å². The molecule has 1 amide bonds. The van der Waals surface area contributed by atoms with Crippen LogP contribution in [0.1, 0.15) is 31.7 Å². The Morgan fingerprint density at radius 3 is 2.63 bits per heavy atom. The van der Waals surface area contributed by atoms with Gasteiger partial charge in [0.15, 0.2) is 0 Å². The lowest BCUT2D eigenvalue weighted by Gasteiger charge is -2.42. The van der Waals surface area contributed by atoms with Crippen molar-refractivity contribution < 1.29 is 9.53 Å². The molecule has 2 fully saturated rings. The van der Waals surface area contributed by atoms with Crippen molar-refractivity contribution in [3.05, 3.63) is 34.7 Å². The molecule has 3 heterocycles. The third-order valence-electron chi connectivity index (χ3n) is 6.18. The van der Waals surface area contributed by atoms with E-state index in [0.717, 1.165) is 49.8 Å². The Balaban J connectivity index is 1.49. The largest absolute Gasteiger partial charge is 0.384 e. The summed E-state index contributed by atoms with van der Waals surface area (Å²) in [5.41, 5.74) is 1.36. The minimum absolute atomic E-state index is 0.0600. The summed E-state index contributed by atoms with van der Waals surface area (Å²) in [6, 6.07) is 7.92. The summed E-state index contributed by atoms with van der Waals surface area (Å²) in [6.45, 7) is 3.57. The van der Waals surface area contributed by atoms with Crippen molar-refractivity contribution in [2.45, 2.75) is 31.7 Å². The first kappa shape index (κ1) is 18.3. The van der Waals surface area contributed by atoms with Crippen LogP contribution in [0.4, 0.5) is 0 Å². The number of nitrogens with zero attached hydrogens (tertiary/aromatic N) is 2. The highest BCUT2D eigenvalue weighted by atomic mass is 16.5. The van der Waals surface area contributed by atoms with Gasteiger partial charge in [-0.2, -0.15) is 0 Å². The van der Waals surface area contributed by atoms with Crippen LogP contribution >= 0.6 is 0 Å². The van der Waals surface area contributed by atoms with Gasteiger partial charge in [0, 0.05) is 26.2 Å². The average Bonchev–Trinajstić information content (AvgIpc) is 3.04. The third-order valence-corrected chi connectivity index (χ3v) is 6.18. The van der Waals surface area contributed by atoms with Gasteiger partial charge in [-0.05, 0) is 50.9 Å². The van der Waals surface area contributed by atoms with E-state index < -0.39 is 5.41 Å². The minimum atomic E-state index is -0.398. The van der Waals surface area contributed by atoms with E-state index in [9.17, 15) is 9.59 Å². The Hall–Kier alpha value is -2.12. The van der Waals surface area contributed by atoms with E-state index in [1.165, 1.54) is 0 Å². The normalized spacial score (nSPS) is 20.9. The molecule has 7 nitrogen and oxygen atoms in total. The number of rotatable bonds is 4. The lowest BCUT2D eigenvalue weighted by Crippen LogP contribution is -2.53. The van der Waals surface area contributed by atoms with Crippen LogP contribution in [-0.2, 0) is 9.53 Å². The second-order valence-corrected chi connectivity index (χ2v) is 7.80. The van der Waals surface area contributed by atoms with E-state index in [2.05, 4.69) is 10.3 Å². The van der Waals surface area contributed by atoms with Crippen molar-refractivity contribution in [3.63, 3.8) is 0 Å². The number of benzene rings is 1. The molecule has 4 rings (SSSR count). The molecule has 27 heavy (non-hydrogen) atoms. The highest BCUT2D eigenvalue weighted by molar-refractivity contribution is 5.83. The van der Waals surface area contributed by atoms with Crippen LogP contribution in [0, 0.1) is 5.41 Å². The number of amides is 1. The first-order valence-corrected chi connectivity index (χ1v) is 9.83. The molecule has 0 spiro atoms. The van der Waals surface area contributed by atoms with Crippen molar-refractivity contribution in [2.75, 3.05) is 39.9 Å². The number of H-pyrrole nitrogens is 1. The van der Waals surface area contributed by atoms with E-state index in [0.29, 0.717) is 19.7 Å². The summed E-state index contributed by atoms with van der Waals surface area (Å²) in [5, 5.41) is 3.34. The van der Waals surface area contributed by atoms with Crippen LogP contribution in [0.5, 0.6) is 0 Å². The first-order valence-electron chi connectivity index (χ1n) is 9.83. The number of ether oxygens (including phenoxy) is 1. The molecule has 2 aliphatic heterocycles. The summed E-state index contributed by atoms with van der Waals surface area (Å²) in [7, 11) is 1.67. The number of aromatic nitrogens is 2. The van der Waals surface area contributed by atoms with Gasteiger partial charge in [0.25, 0.3) is 0 Å². The highest BCUT2D eigenvalue weighted by Gasteiger charge is 2.43. The number of hydrogen-bond acceptors (Lipinski definition) is 4. The van der Waals surface area contributed by atoms with Crippen LogP contribution in [-0.4, -0.2) is 60.3 Å². The number of nitrogens with one attached hydrogen (secondary N) is 2. The summed E-state index contributed by atoms with van der Waals surface area (Å²) < 4.78 is 7.28. The van der Waals surface area contributed by atoms with Gasteiger partial charge in [0.2, 0.25) is 5.91 Å². The van der Waals surface area contributed by atoms with Crippen molar-refractivity contribution >= 4 is 16.9 Å². The predicted octanol–water partition coefficient (Wildman–Crippen LogP) is 1.51. The number of likely N-dealkylation sites (tertiary alicyclic amines) is 1. The van der Waals surface area contributed by atoms with Crippen LogP contribution < -0.4 is 11.0 Å².